The van der Waals surface area contributed by atoms with E-state index < -0.39 is 0 Å². The van der Waals surface area contributed by atoms with Crippen LogP contribution in [0, 0.1) is 18.6 Å². The van der Waals surface area contributed by atoms with E-state index in [9.17, 15) is 0 Å². The fourth-order valence-corrected chi connectivity index (χ4v) is 3.15. The van der Waals surface area contributed by atoms with Crippen LogP contribution in [-0.4, -0.2) is 30.9 Å². The third-order valence-corrected chi connectivity index (χ3v) is 4.68. The highest BCUT2D eigenvalue weighted by molar-refractivity contribution is 7.71. The fourth-order valence-electron chi connectivity index (χ4n) is 2.95. The van der Waals surface area contributed by atoms with Gasteiger partial charge in [-0.25, -0.2) is 9.78 Å². The average molecular weight is 404 g/mol. The van der Waals surface area contributed by atoms with E-state index in [1.54, 1.807) is 21.8 Å². The Morgan fingerprint density at radius 3 is 2.62 bits per heavy atom. The molecule has 146 valence electrons. The lowest BCUT2D eigenvalue weighted by atomic mass is 10.1. The van der Waals surface area contributed by atoms with Gasteiger partial charge in [-0.1, -0.05) is 36.4 Å². The van der Waals surface area contributed by atoms with Gasteiger partial charge >= 0.3 is 0 Å². The van der Waals surface area contributed by atoms with Crippen molar-refractivity contribution in [2.45, 2.75) is 20.5 Å². The molecule has 0 atom stereocenters. The molecule has 0 spiro atoms. The summed E-state index contributed by atoms with van der Waals surface area (Å²) < 4.78 is 9.73. The maximum Gasteiger partial charge on any atom is 0.216 e. The van der Waals surface area contributed by atoms with Crippen LogP contribution in [0.5, 0.6) is 5.75 Å². The molecule has 0 fully saturated rings. The standard InChI is InChI=1S/C21H20N6OS/c1-15-7-6-8-16(2)20(15)28-14-19-24-25-21(29)27(19)23-12-17-11-22-26(13-17)18-9-4-3-5-10-18/h3-13H,14H2,1-2H3,(H,25,29)/b23-12-. The number of nitrogens with zero attached hydrogens (tertiary/aromatic N) is 5. The van der Waals surface area contributed by atoms with E-state index in [-0.39, 0.29) is 6.61 Å². The largest absolute Gasteiger partial charge is 0.485 e. The Hall–Kier alpha value is -3.52. The Kier molecular flexibility index (Phi) is 5.35. The topological polar surface area (TPSA) is 73.0 Å². The van der Waals surface area contributed by atoms with Gasteiger partial charge < -0.3 is 4.74 Å². The van der Waals surface area contributed by atoms with Crippen molar-refractivity contribution in [3.05, 3.63) is 88.2 Å². The molecule has 8 heteroatoms. The Labute approximate surface area is 173 Å². The van der Waals surface area contributed by atoms with Crippen LogP contribution >= 0.6 is 12.2 Å². The summed E-state index contributed by atoms with van der Waals surface area (Å²) in [6.45, 7) is 4.28. The van der Waals surface area contributed by atoms with Gasteiger partial charge in [0.2, 0.25) is 4.77 Å². The second-order valence-corrected chi connectivity index (χ2v) is 6.95. The Balaban J connectivity index is 1.52. The number of aryl methyl sites for hydroxylation is 2. The number of benzene rings is 2. The molecule has 1 N–H and O–H groups in total. The van der Waals surface area contributed by atoms with Gasteiger partial charge in [0.05, 0.1) is 18.1 Å². The molecular weight excluding hydrogens is 384 g/mol. The molecule has 2 aromatic heterocycles. The number of para-hydroxylation sites is 2. The minimum atomic E-state index is 0.249. The molecule has 7 nitrogen and oxygen atoms in total. The first-order valence-electron chi connectivity index (χ1n) is 9.11. The molecule has 0 aliphatic carbocycles. The van der Waals surface area contributed by atoms with Crippen molar-refractivity contribution >= 4 is 18.4 Å². The number of rotatable bonds is 6. The zero-order valence-corrected chi connectivity index (χ0v) is 16.9. The van der Waals surface area contributed by atoms with Gasteiger partial charge in [-0.3, -0.25) is 0 Å². The van der Waals surface area contributed by atoms with Crippen LogP contribution in [0.3, 0.4) is 0 Å². The molecule has 0 saturated carbocycles. The minimum absolute atomic E-state index is 0.249. The van der Waals surface area contributed by atoms with Crippen LogP contribution in [0.1, 0.15) is 22.5 Å². The van der Waals surface area contributed by atoms with E-state index >= 15 is 0 Å². The Bertz CT molecular complexity index is 1190. The highest BCUT2D eigenvalue weighted by atomic mass is 32.1. The molecule has 2 heterocycles. The van der Waals surface area contributed by atoms with Crippen LogP contribution in [0.15, 0.2) is 66.0 Å². The SMILES string of the molecule is Cc1cccc(C)c1OCc1n[nH]c(=S)n1/N=C\c1cnn(-c2ccccc2)c1. The van der Waals surface area contributed by atoms with Crippen molar-refractivity contribution in [2.75, 3.05) is 0 Å². The van der Waals surface area contributed by atoms with Crippen molar-refractivity contribution in [1.29, 1.82) is 0 Å². The van der Waals surface area contributed by atoms with Crippen LogP contribution in [0.4, 0.5) is 0 Å². The molecule has 0 amide bonds. The van der Waals surface area contributed by atoms with Gasteiger partial charge in [-0.2, -0.15) is 20.0 Å². The predicted octanol–water partition coefficient (Wildman–Crippen LogP) is 4.20. The first-order chi connectivity index (χ1) is 14.1. The summed E-state index contributed by atoms with van der Waals surface area (Å²) in [5, 5.41) is 15.8. The summed E-state index contributed by atoms with van der Waals surface area (Å²) in [6.07, 6.45) is 5.34. The predicted molar refractivity (Wildman–Crippen MR) is 114 cm³/mol. The summed E-state index contributed by atoms with van der Waals surface area (Å²) >= 11 is 5.31. The van der Waals surface area contributed by atoms with E-state index in [0.717, 1.165) is 28.1 Å². The van der Waals surface area contributed by atoms with Gasteiger partial charge in [-0.05, 0) is 49.3 Å². The first-order valence-corrected chi connectivity index (χ1v) is 9.52. The molecular formula is C21H20N6OS. The smallest absolute Gasteiger partial charge is 0.216 e. The van der Waals surface area contributed by atoms with Crippen LogP contribution in [-0.2, 0) is 6.61 Å². The lowest BCUT2D eigenvalue weighted by molar-refractivity contribution is 0.287. The average Bonchev–Trinajstić information content (AvgIpc) is 3.34. The normalized spacial score (nSPS) is 11.2. The quantitative estimate of drug-likeness (QED) is 0.386. The Morgan fingerprint density at radius 1 is 1.10 bits per heavy atom. The number of aromatic amines is 1. The molecule has 4 rings (SSSR count). The van der Waals surface area contributed by atoms with Crippen LogP contribution in [0.25, 0.3) is 5.69 Å². The molecule has 0 aliphatic heterocycles. The second kappa shape index (κ2) is 8.24. The minimum Gasteiger partial charge on any atom is -0.485 e. The molecule has 0 saturated heterocycles. The molecule has 0 unspecified atom stereocenters. The van der Waals surface area contributed by atoms with Gasteiger partial charge in [0.1, 0.15) is 12.4 Å². The third-order valence-electron chi connectivity index (χ3n) is 4.42. The third kappa shape index (κ3) is 4.17. The zero-order valence-electron chi connectivity index (χ0n) is 16.1. The van der Waals surface area contributed by atoms with Crippen LogP contribution < -0.4 is 4.74 Å². The van der Waals surface area contributed by atoms with E-state index in [1.807, 2.05) is 68.6 Å². The van der Waals surface area contributed by atoms with Crippen molar-refractivity contribution in [2.24, 2.45) is 5.10 Å². The summed E-state index contributed by atoms with van der Waals surface area (Å²) in [7, 11) is 0. The van der Waals surface area contributed by atoms with Gasteiger partial charge in [0.25, 0.3) is 0 Å². The van der Waals surface area contributed by atoms with E-state index in [2.05, 4.69) is 20.4 Å². The summed E-state index contributed by atoms with van der Waals surface area (Å²) in [5.74, 6) is 1.44. The molecule has 0 aliphatic rings. The van der Waals surface area contributed by atoms with Crippen molar-refractivity contribution in [3.63, 3.8) is 0 Å². The van der Waals surface area contributed by atoms with Gasteiger partial charge in [0.15, 0.2) is 5.82 Å². The first kappa shape index (κ1) is 18.8. The summed E-state index contributed by atoms with van der Waals surface area (Å²) in [4.78, 5) is 0. The fraction of sp³-hybridized carbons (Fsp3) is 0.143. The lowest BCUT2D eigenvalue weighted by Crippen LogP contribution is -2.05. The van der Waals surface area contributed by atoms with E-state index in [0.29, 0.717) is 10.6 Å². The Morgan fingerprint density at radius 2 is 1.86 bits per heavy atom. The van der Waals surface area contributed by atoms with Crippen molar-refractivity contribution in [3.8, 4) is 11.4 Å². The maximum atomic E-state index is 5.98. The van der Waals surface area contributed by atoms with Crippen molar-refractivity contribution < 1.29 is 4.74 Å². The molecule has 4 aromatic rings. The monoisotopic (exact) mass is 404 g/mol. The maximum absolute atomic E-state index is 5.98. The highest BCUT2D eigenvalue weighted by Crippen LogP contribution is 2.23. The van der Waals surface area contributed by atoms with Gasteiger partial charge in [0, 0.05) is 11.8 Å². The number of hydrogen-bond donors (Lipinski definition) is 1. The highest BCUT2D eigenvalue weighted by Gasteiger charge is 2.09. The summed E-state index contributed by atoms with van der Waals surface area (Å²) in [6, 6.07) is 15.9. The molecule has 0 radical (unpaired) electrons. The van der Waals surface area contributed by atoms with E-state index in [1.165, 1.54) is 0 Å². The molecule has 29 heavy (non-hydrogen) atoms. The second-order valence-electron chi connectivity index (χ2n) is 6.56. The number of hydrogen-bond acceptors (Lipinski definition) is 5. The molecule has 0 bridgehead atoms. The summed E-state index contributed by atoms with van der Waals surface area (Å²) in [5.41, 5.74) is 3.97. The van der Waals surface area contributed by atoms with Crippen LogP contribution in [0.2, 0.25) is 0 Å². The number of nitrogens with one attached hydrogen (secondary N) is 1. The number of H-pyrrole nitrogens is 1. The van der Waals surface area contributed by atoms with Gasteiger partial charge in [-0.15, -0.1) is 0 Å². The number of aromatic nitrogens is 5. The molecule has 2 aromatic carbocycles. The van der Waals surface area contributed by atoms with Crippen molar-refractivity contribution in [1.82, 2.24) is 24.7 Å². The zero-order chi connectivity index (χ0) is 20.2. The lowest BCUT2D eigenvalue weighted by Gasteiger charge is -2.11. The van der Waals surface area contributed by atoms with E-state index in [4.69, 9.17) is 17.0 Å². The number of ether oxygens (including phenoxy) is 1.